The highest BCUT2D eigenvalue weighted by Gasteiger charge is 2.10. The van der Waals surface area contributed by atoms with Gasteiger partial charge in [-0.1, -0.05) is 26.1 Å². The lowest BCUT2D eigenvalue weighted by Crippen LogP contribution is -2.01. The maximum absolute atomic E-state index is 5.44. The molecule has 0 aliphatic rings. The van der Waals surface area contributed by atoms with Gasteiger partial charge in [0, 0.05) is 29.2 Å². The van der Waals surface area contributed by atoms with E-state index in [4.69, 9.17) is 12.2 Å². The molecule has 0 aliphatic heterocycles. The van der Waals surface area contributed by atoms with E-state index in [1.165, 1.54) is 0 Å². The lowest BCUT2D eigenvalue weighted by Gasteiger charge is -2.12. The molecule has 3 aromatic rings. The maximum Gasteiger partial charge on any atom is 0.139 e. The van der Waals surface area contributed by atoms with Gasteiger partial charge in [-0.25, -0.2) is 4.98 Å². The van der Waals surface area contributed by atoms with E-state index in [0.717, 1.165) is 33.7 Å². The number of hydrogen-bond acceptors (Lipinski definition) is 4. The first-order valence-corrected chi connectivity index (χ1v) is 7.29. The molecule has 0 saturated carbocycles. The zero-order valence-electron chi connectivity index (χ0n) is 12.2. The Kier molecular flexibility index (Phi) is 3.51. The fraction of sp³-hybridized carbons (Fsp3) is 0.250. The van der Waals surface area contributed by atoms with Gasteiger partial charge in [0.2, 0.25) is 0 Å². The Morgan fingerprint density at radius 2 is 1.81 bits per heavy atom. The van der Waals surface area contributed by atoms with Gasteiger partial charge in [0.1, 0.15) is 10.5 Å². The number of rotatable bonds is 2. The van der Waals surface area contributed by atoms with Crippen LogP contribution < -0.4 is 0 Å². The molecule has 4 nitrogen and oxygen atoms in total. The number of aryl methyl sites for hydroxylation is 1. The largest absolute Gasteiger partial charge is 0.343 e. The lowest BCUT2D eigenvalue weighted by atomic mass is 10.0. The van der Waals surface area contributed by atoms with Crippen LogP contribution in [0.2, 0.25) is 0 Å². The standard InChI is InChI=1S/C16H16N4S/c1-9(2)14-10(3)19-15(20-16(14)21)11-4-5-12-13(8-11)18-7-6-17-12/h4-9H,1-3H3,(H,19,20,21). The fourth-order valence-electron chi connectivity index (χ4n) is 2.52. The van der Waals surface area contributed by atoms with E-state index in [2.05, 4.69) is 33.8 Å². The Balaban J connectivity index is 2.17. The van der Waals surface area contributed by atoms with Gasteiger partial charge in [-0.15, -0.1) is 0 Å². The molecule has 0 atom stereocenters. The monoisotopic (exact) mass is 296 g/mol. The smallest absolute Gasteiger partial charge is 0.139 e. The van der Waals surface area contributed by atoms with Crippen LogP contribution in [0, 0.1) is 11.6 Å². The summed E-state index contributed by atoms with van der Waals surface area (Å²) in [5.74, 6) is 1.13. The Labute approximate surface area is 128 Å². The second kappa shape index (κ2) is 5.33. The molecule has 0 saturated heterocycles. The summed E-state index contributed by atoms with van der Waals surface area (Å²) in [4.78, 5) is 16.5. The van der Waals surface area contributed by atoms with Crippen LogP contribution in [0.5, 0.6) is 0 Å². The van der Waals surface area contributed by atoms with Crippen LogP contribution in [0.15, 0.2) is 30.6 Å². The number of nitrogens with one attached hydrogen (secondary N) is 1. The number of hydrogen-bond donors (Lipinski definition) is 1. The highest BCUT2D eigenvalue weighted by molar-refractivity contribution is 7.71. The summed E-state index contributed by atoms with van der Waals surface area (Å²) in [5, 5.41) is 0. The first-order valence-electron chi connectivity index (χ1n) is 6.88. The molecule has 2 aromatic heterocycles. The Hall–Kier alpha value is -2.14. The zero-order chi connectivity index (χ0) is 15.0. The third-order valence-electron chi connectivity index (χ3n) is 3.47. The van der Waals surface area contributed by atoms with E-state index in [9.17, 15) is 0 Å². The van der Waals surface area contributed by atoms with Crippen molar-refractivity contribution >= 4 is 23.3 Å². The molecule has 3 rings (SSSR count). The van der Waals surface area contributed by atoms with Crippen molar-refractivity contribution in [1.29, 1.82) is 0 Å². The zero-order valence-corrected chi connectivity index (χ0v) is 13.0. The quantitative estimate of drug-likeness (QED) is 0.721. The predicted octanol–water partition coefficient (Wildman–Crippen LogP) is 4.18. The molecule has 0 amide bonds. The molecule has 0 bridgehead atoms. The number of aromatic nitrogens is 4. The minimum atomic E-state index is 0.359. The van der Waals surface area contributed by atoms with Gasteiger partial charge in [-0.3, -0.25) is 9.97 Å². The minimum Gasteiger partial charge on any atom is -0.343 e. The second-order valence-corrected chi connectivity index (χ2v) is 5.73. The van der Waals surface area contributed by atoms with Gasteiger partial charge in [0.25, 0.3) is 0 Å². The molecule has 0 fully saturated rings. The van der Waals surface area contributed by atoms with E-state index < -0.39 is 0 Å². The van der Waals surface area contributed by atoms with Crippen LogP contribution in [0.3, 0.4) is 0 Å². The van der Waals surface area contributed by atoms with Crippen LogP contribution in [0.4, 0.5) is 0 Å². The van der Waals surface area contributed by atoms with Crippen molar-refractivity contribution in [2.24, 2.45) is 0 Å². The molecule has 0 radical (unpaired) electrons. The number of aromatic amines is 1. The van der Waals surface area contributed by atoms with Crippen molar-refractivity contribution in [2.75, 3.05) is 0 Å². The van der Waals surface area contributed by atoms with Crippen molar-refractivity contribution in [3.63, 3.8) is 0 Å². The fourth-order valence-corrected chi connectivity index (χ4v) is 3.00. The SMILES string of the molecule is Cc1[nH]c(-c2ccc3nccnc3c2)nc(=S)c1C(C)C. The molecular weight excluding hydrogens is 280 g/mol. The highest BCUT2D eigenvalue weighted by atomic mass is 32.1. The van der Waals surface area contributed by atoms with Crippen molar-refractivity contribution in [3.05, 3.63) is 46.5 Å². The average Bonchev–Trinajstić information content (AvgIpc) is 2.45. The second-order valence-electron chi connectivity index (χ2n) is 5.34. The molecule has 5 heteroatoms. The Morgan fingerprint density at radius 3 is 2.48 bits per heavy atom. The van der Waals surface area contributed by atoms with Crippen LogP contribution in [0.25, 0.3) is 22.4 Å². The molecule has 1 aromatic carbocycles. The van der Waals surface area contributed by atoms with Crippen LogP contribution >= 0.6 is 12.2 Å². The summed E-state index contributed by atoms with van der Waals surface area (Å²) in [7, 11) is 0. The summed E-state index contributed by atoms with van der Waals surface area (Å²) in [5.41, 5.74) is 4.86. The highest BCUT2D eigenvalue weighted by Crippen LogP contribution is 2.23. The minimum absolute atomic E-state index is 0.359. The van der Waals surface area contributed by atoms with Crippen molar-refractivity contribution in [1.82, 2.24) is 19.9 Å². The van der Waals surface area contributed by atoms with E-state index in [0.29, 0.717) is 10.6 Å². The summed E-state index contributed by atoms with van der Waals surface area (Å²) in [6, 6.07) is 5.91. The van der Waals surface area contributed by atoms with Crippen molar-refractivity contribution < 1.29 is 0 Å². The molecule has 21 heavy (non-hydrogen) atoms. The summed E-state index contributed by atoms with van der Waals surface area (Å²) in [6.07, 6.45) is 3.38. The van der Waals surface area contributed by atoms with Crippen LogP contribution in [0.1, 0.15) is 31.0 Å². The maximum atomic E-state index is 5.44. The van der Waals surface area contributed by atoms with Crippen LogP contribution in [-0.4, -0.2) is 19.9 Å². The van der Waals surface area contributed by atoms with Gasteiger partial charge in [-0.2, -0.15) is 0 Å². The molecular formula is C16H16N4S. The number of fused-ring (bicyclic) bond motifs is 1. The first kappa shape index (κ1) is 13.8. The number of benzene rings is 1. The van der Waals surface area contributed by atoms with Gasteiger partial charge in [-0.05, 0) is 31.0 Å². The molecule has 106 valence electrons. The average molecular weight is 296 g/mol. The van der Waals surface area contributed by atoms with Crippen molar-refractivity contribution in [2.45, 2.75) is 26.7 Å². The molecule has 0 spiro atoms. The summed E-state index contributed by atoms with van der Waals surface area (Å²) in [6.45, 7) is 6.29. The third kappa shape index (κ3) is 2.56. The molecule has 2 heterocycles. The molecule has 0 unspecified atom stereocenters. The first-order chi connectivity index (χ1) is 10.1. The third-order valence-corrected chi connectivity index (χ3v) is 3.78. The topological polar surface area (TPSA) is 54.5 Å². The van der Waals surface area contributed by atoms with E-state index in [1.807, 2.05) is 25.1 Å². The van der Waals surface area contributed by atoms with E-state index in [1.54, 1.807) is 12.4 Å². The van der Waals surface area contributed by atoms with E-state index in [-0.39, 0.29) is 0 Å². The molecule has 1 N–H and O–H groups in total. The van der Waals surface area contributed by atoms with Gasteiger partial charge >= 0.3 is 0 Å². The Morgan fingerprint density at radius 1 is 1.10 bits per heavy atom. The number of nitrogens with zero attached hydrogens (tertiary/aromatic N) is 3. The normalized spacial score (nSPS) is 11.2. The Bertz CT molecular complexity index is 868. The molecule has 0 aliphatic carbocycles. The van der Waals surface area contributed by atoms with Gasteiger partial charge in [0.05, 0.1) is 11.0 Å². The summed E-state index contributed by atoms with van der Waals surface area (Å²) < 4.78 is 0.662. The number of H-pyrrole nitrogens is 1. The van der Waals surface area contributed by atoms with Crippen LogP contribution in [-0.2, 0) is 0 Å². The van der Waals surface area contributed by atoms with Gasteiger partial charge in [0.15, 0.2) is 0 Å². The predicted molar refractivity (Wildman–Crippen MR) is 86.8 cm³/mol. The van der Waals surface area contributed by atoms with Crippen molar-refractivity contribution in [3.8, 4) is 11.4 Å². The lowest BCUT2D eigenvalue weighted by molar-refractivity contribution is 0.825. The summed E-state index contributed by atoms with van der Waals surface area (Å²) >= 11 is 5.44. The van der Waals surface area contributed by atoms with Gasteiger partial charge < -0.3 is 4.98 Å². The van der Waals surface area contributed by atoms with E-state index >= 15 is 0 Å².